The van der Waals surface area contributed by atoms with E-state index >= 15 is 0 Å². The minimum Gasteiger partial charge on any atom is -0.397 e. The molecule has 16 heavy (non-hydrogen) atoms. The lowest BCUT2D eigenvalue weighted by atomic mass is 10.2. The first-order valence-electron chi connectivity index (χ1n) is 5.26. The maximum atomic E-state index is 11.5. The number of nitrogens with two attached hydrogens (primary N) is 1. The van der Waals surface area contributed by atoms with Crippen molar-refractivity contribution in [2.24, 2.45) is 0 Å². The molecule has 4 nitrogen and oxygen atoms in total. The van der Waals surface area contributed by atoms with Crippen LogP contribution in [0.5, 0.6) is 0 Å². The molecule has 1 aromatic rings. The van der Waals surface area contributed by atoms with Gasteiger partial charge in [-0.3, -0.25) is 4.79 Å². The number of hydrogen-bond donors (Lipinski definition) is 2. The van der Waals surface area contributed by atoms with Gasteiger partial charge in [-0.05, 0) is 38.5 Å². The largest absolute Gasteiger partial charge is 0.397 e. The number of carbonyl (C=O) groups excluding carboxylic acids is 1. The second kappa shape index (κ2) is 5.51. The molecular weight excluding hydrogens is 204 g/mol. The Morgan fingerprint density at radius 1 is 1.50 bits per heavy atom. The fraction of sp³-hybridized carbons (Fsp3) is 0.417. The van der Waals surface area contributed by atoms with Crippen molar-refractivity contribution in [2.75, 3.05) is 17.7 Å². The van der Waals surface area contributed by atoms with Crippen LogP contribution in [0, 0.1) is 6.92 Å². The molecule has 0 aromatic heterocycles. The van der Waals surface area contributed by atoms with Gasteiger partial charge in [-0.1, -0.05) is 6.07 Å². The molecule has 3 N–H and O–H groups in total. The van der Waals surface area contributed by atoms with E-state index in [9.17, 15) is 4.79 Å². The summed E-state index contributed by atoms with van der Waals surface area (Å²) in [7, 11) is 0. The van der Waals surface area contributed by atoms with E-state index in [-0.39, 0.29) is 18.6 Å². The number of rotatable bonds is 4. The quantitative estimate of drug-likeness (QED) is 0.765. The summed E-state index contributed by atoms with van der Waals surface area (Å²) in [6, 6.07) is 5.51. The van der Waals surface area contributed by atoms with Crippen LogP contribution >= 0.6 is 0 Å². The molecule has 0 heterocycles. The molecule has 4 heteroatoms. The molecular formula is C12H18N2O2. The zero-order valence-corrected chi connectivity index (χ0v) is 9.91. The Bertz CT molecular complexity index is 375. The first-order chi connectivity index (χ1) is 7.49. The van der Waals surface area contributed by atoms with Crippen molar-refractivity contribution in [2.45, 2.75) is 26.9 Å². The van der Waals surface area contributed by atoms with E-state index in [2.05, 4.69) is 5.32 Å². The fourth-order valence-electron chi connectivity index (χ4n) is 1.22. The molecule has 0 atom stereocenters. The van der Waals surface area contributed by atoms with Crippen LogP contribution in [0.2, 0.25) is 0 Å². The summed E-state index contributed by atoms with van der Waals surface area (Å²) in [5, 5.41) is 2.70. The van der Waals surface area contributed by atoms with Crippen molar-refractivity contribution in [3.05, 3.63) is 23.8 Å². The topological polar surface area (TPSA) is 64.3 Å². The fourth-order valence-corrected chi connectivity index (χ4v) is 1.22. The summed E-state index contributed by atoms with van der Waals surface area (Å²) in [5.41, 5.74) is 8.03. The number of nitrogens with one attached hydrogen (secondary N) is 1. The van der Waals surface area contributed by atoms with Crippen LogP contribution in [-0.2, 0) is 9.53 Å². The lowest BCUT2D eigenvalue weighted by molar-refractivity contribution is -0.121. The van der Waals surface area contributed by atoms with Crippen molar-refractivity contribution < 1.29 is 9.53 Å². The van der Waals surface area contributed by atoms with Crippen LogP contribution in [0.4, 0.5) is 11.4 Å². The molecule has 1 rings (SSSR count). The summed E-state index contributed by atoms with van der Waals surface area (Å²) < 4.78 is 5.19. The number of aryl methyl sites for hydroxylation is 1. The molecule has 0 bridgehead atoms. The summed E-state index contributed by atoms with van der Waals surface area (Å²) in [6.45, 7) is 5.76. The minimum absolute atomic E-state index is 0.0427. The monoisotopic (exact) mass is 222 g/mol. The van der Waals surface area contributed by atoms with Gasteiger partial charge in [0.05, 0.1) is 17.5 Å². The van der Waals surface area contributed by atoms with Crippen molar-refractivity contribution in [1.82, 2.24) is 0 Å². The van der Waals surface area contributed by atoms with Crippen LogP contribution < -0.4 is 11.1 Å². The maximum Gasteiger partial charge on any atom is 0.250 e. The molecule has 0 aliphatic heterocycles. The normalized spacial score (nSPS) is 10.5. The van der Waals surface area contributed by atoms with Crippen LogP contribution in [-0.4, -0.2) is 18.6 Å². The van der Waals surface area contributed by atoms with E-state index in [1.54, 1.807) is 6.07 Å². The molecule has 1 amide bonds. The van der Waals surface area contributed by atoms with Gasteiger partial charge < -0.3 is 15.8 Å². The Balaban J connectivity index is 2.56. The minimum atomic E-state index is -0.191. The smallest absolute Gasteiger partial charge is 0.250 e. The van der Waals surface area contributed by atoms with E-state index < -0.39 is 0 Å². The van der Waals surface area contributed by atoms with Crippen LogP contribution in [0.3, 0.4) is 0 Å². The molecule has 88 valence electrons. The van der Waals surface area contributed by atoms with Gasteiger partial charge in [-0.25, -0.2) is 0 Å². The molecule has 0 radical (unpaired) electrons. The van der Waals surface area contributed by atoms with Crippen LogP contribution in [0.25, 0.3) is 0 Å². The Hall–Kier alpha value is -1.55. The SMILES string of the molecule is Cc1ccc(NC(=O)COC(C)C)c(N)c1. The molecule has 0 saturated heterocycles. The second-order valence-corrected chi connectivity index (χ2v) is 4.00. The predicted octanol–water partition coefficient (Wildman–Crippen LogP) is 1.94. The molecule has 0 aliphatic rings. The van der Waals surface area contributed by atoms with E-state index in [0.717, 1.165) is 5.56 Å². The highest BCUT2D eigenvalue weighted by molar-refractivity contribution is 5.94. The van der Waals surface area contributed by atoms with Gasteiger partial charge in [0.15, 0.2) is 0 Å². The Labute approximate surface area is 95.8 Å². The highest BCUT2D eigenvalue weighted by atomic mass is 16.5. The third-order valence-electron chi connectivity index (χ3n) is 2.03. The van der Waals surface area contributed by atoms with Crippen molar-refractivity contribution in [3.8, 4) is 0 Å². The number of ether oxygens (including phenoxy) is 1. The van der Waals surface area contributed by atoms with Gasteiger partial charge in [0.25, 0.3) is 0 Å². The van der Waals surface area contributed by atoms with Gasteiger partial charge in [-0.2, -0.15) is 0 Å². The van der Waals surface area contributed by atoms with Gasteiger partial charge in [-0.15, -0.1) is 0 Å². The number of anilines is 2. The zero-order valence-electron chi connectivity index (χ0n) is 9.91. The molecule has 0 unspecified atom stereocenters. The summed E-state index contributed by atoms with van der Waals surface area (Å²) in [4.78, 5) is 11.5. The Morgan fingerprint density at radius 2 is 2.19 bits per heavy atom. The first kappa shape index (κ1) is 12.5. The maximum absolute atomic E-state index is 11.5. The summed E-state index contributed by atoms with van der Waals surface area (Å²) in [6.07, 6.45) is 0.0427. The number of nitrogen functional groups attached to an aromatic ring is 1. The average Bonchev–Trinajstić information content (AvgIpc) is 2.19. The second-order valence-electron chi connectivity index (χ2n) is 4.00. The predicted molar refractivity (Wildman–Crippen MR) is 65.3 cm³/mol. The van der Waals surface area contributed by atoms with Gasteiger partial charge in [0.1, 0.15) is 6.61 Å². The van der Waals surface area contributed by atoms with Crippen LogP contribution in [0.1, 0.15) is 19.4 Å². The molecule has 0 saturated carbocycles. The molecule has 0 spiro atoms. The zero-order chi connectivity index (χ0) is 12.1. The summed E-state index contributed by atoms with van der Waals surface area (Å²) in [5.74, 6) is -0.191. The summed E-state index contributed by atoms with van der Waals surface area (Å²) >= 11 is 0. The standard InChI is InChI=1S/C12H18N2O2/c1-8(2)16-7-12(15)14-11-5-4-9(3)6-10(11)13/h4-6,8H,7,13H2,1-3H3,(H,14,15). The van der Waals surface area contributed by atoms with E-state index in [1.807, 2.05) is 32.9 Å². The van der Waals surface area contributed by atoms with E-state index in [1.165, 1.54) is 0 Å². The molecule has 1 aromatic carbocycles. The number of carbonyl (C=O) groups is 1. The number of hydrogen-bond acceptors (Lipinski definition) is 3. The lowest BCUT2D eigenvalue weighted by Gasteiger charge is -2.10. The van der Waals surface area contributed by atoms with Crippen molar-refractivity contribution >= 4 is 17.3 Å². The van der Waals surface area contributed by atoms with E-state index in [0.29, 0.717) is 11.4 Å². The highest BCUT2D eigenvalue weighted by Crippen LogP contribution is 2.19. The van der Waals surface area contributed by atoms with Crippen LogP contribution in [0.15, 0.2) is 18.2 Å². The Morgan fingerprint density at radius 3 is 2.75 bits per heavy atom. The average molecular weight is 222 g/mol. The number of benzene rings is 1. The molecule has 0 aliphatic carbocycles. The lowest BCUT2D eigenvalue weighted by Crippen LogP contribution is -2.21. The van der Waals surface area contributed by atoms with Crippen molar-refractivity contribution in [3.63, 3.8) is 0 Å². The third-order valence-corrected chi connectivity index (χ3v) is 2.03. The number of amides is 1. The van der Waals surface area contributed by atoms with Crippen molar-refractivity contribution in [1.29, 1.82) is 0 Å². The molecule has 0 fully saturated rings. The first-order valence-corrected chi connectivity index (χ1v) is 5.26. The van der Waals surface area contributed by atoms with Gasteiger partial charge in [0, 0.05) is 0 Å². The third kappa shape index (κ3) is 3.90. The van der Waals surface area contributed by atoms with Gasteiger partial charge >= 0.3 is 0 Å². The highest BCUT2D eigenvalue weighted by Gasteiger charge is 2.06. The Kier molecular flexibility index (Phi) is 4.31. The van der Waals surface area contributed by atoms with Gasteiger partial charge in [0.2, 0.25) is 5.91 Å². The van der Waals surface area contributed by atoms with E-state index in [4.69, 9.17) is 10.5 Å².